The van der Waals surface area contributed by atoms with E-state index >= 15 is 0 Å². The topological polar surface area (TPSA) is 75.4 Å². The predicted octanol–water partition coefficient (Wildman–Crippen LogP) is 3.57. The zero-order valence-corrected chi connectivity index (χ0v) is 18.0. The number of benzene rings is 2. The lowest BCUT2D eigenvalue weighted by Gasteiger charge is -2.39. The highest BCUT2D eigenvalue weighted by atomic mass is 79.9. The van der Waals surface area contributed by atoms with E-state index in [9.17, 15) is 12.8 Å². The minimum absolute atomic E-state index is 0.275. The van der Waals surface area contributed by atoms with Crippen molar-refractivity contribution in [2.24, 2.45) is 5.92 Å². The second kappa shape index (κ2) is 8.51. The third-order valence-electron chi connectivity index (χ3n) is 5.12. The lowest BCUT2D eigenvalue weighted by atomic mass is 10.00. The third kappa shape index (κ3) is 4.85. The first-order chi connectivity index (χ1) is 13.9. The summed E-state index contributed by atoms with van der Waals surface area (Å²) in [4.78, 5) is 2.57. The largest absolute Gasteiger partial charge is 0.356 e. The number of fused-ring (bicyclic) bond motifs is 1. The van der Waals surface area contributed by atoms with Crippen molar-refractivity contribution in [1.82, 2.24) is 14.8 Å². The lowest BCUT2D eigenvalue weighted by molar-refractivity contribution is 0.102. The summed E-state index contributed by atoms with van der Waals surface area (Å²) in [6.45, 7) is 3.08. The van der Waals surface area contributed by atoms with Gasteiger partial charge in [-0.05, 0) is 61.7 Å². The van der Waals surface area contributed by atoms with Gasteiger partial charge in [0.05, 0.1) is 10.6 Å². The smallest absolute Gasteiger partial charge is 0.240 e. The van der Waals surface area contributed by atoms with Gasteiger partial charge in [-0.3, -0.25) is 0 Å². The molecule has 2 aromatic carbocycles. The molecule has 2 heterocycles. The molecule has 0 atom stereocenters. The van der Waals surface area contributed by atoms with Gasteiger partial charge in [-0.25, -0.2) is 17.5 Å². The van der Waals surface area contributed by atoms with E-state index in [1.54, 1.807) is 30.3 Å². The maximum absolute atomic E-state index is 13.2. The predicted molar refractivity (Wildman–Crippen MR) is 112 cm³/mol. The highest BCUT2D eigenvalue weighted by Gasteiger charge is 2.27. The van der Waals surface area contributed by atoms with E-state index < -0.39 is 10.0 Å². The van der Waals surface area contributed by atoms with E-state index in [4.69, 9.17) is 4.52 Å². The van der Waals surface area contributed by atoms with E-state index in [-0.39, 0.29) is 10.7 Å². The summed E-state index contributed by atoms with van der Waals surface area (Å²) in [5.74, 6) is -0.0151. The summed E-state index contributed by atoms with van der Waals surface area (Å²) >= 11 is 3.30. The Morgan fingerprint density at radius 2 is 1.97 bits per heavy atom. The van der Waals surface area contributed by atoms with Crippen LogP contribution in [0.3, 0.4) is 0 Å². The van der Waals surface area contributed by atoms with Crippen molar-refractivity contribution < 1.29 is 17.3 Å². The monoisotopic (exact) mass is 481 g/mol. The molecule has 0 unspecified atom stereocenters. The minimum Gasteiger partial charge on any atom is -0.356 e. The fourth-order valence-electron chi connectivity index (χ4n) is 3.53. The van der Waals surface area contributed by atoms with Gasteiger partial charge in [-0.15, -0.1) is 0 Å². The highest BCUT2D eigenvalue weighted by Crippen LogP contribution is 2.22. The summed E-state index contributed by atoms with van der Waals surface area (Å²) in [6.07, 6.45) is 1.67. The molecule has 1 aliphatic heterocycles. The molecule has 0 spiro atoms. The Balaban J connectivity index is 1.19. The number of sulfonamides is 1. The lowest BCUT2D eigenvalue weighted by Crippen LogP contribution is -2.51. The van der Waals surface area contributed by atoms with Gasteiger partial charge in [0, 0.05) is 35.6 Å². The Kier molecular flexibility index (Phi) is 6.00. The molecular formula is C20H21BrFN3O3S. The molecule has 9 heteroatoms. The fraction of sp³-hybridized carbons (Fsp3) is 0.350. The standard InChI is InChI=1S/C20H21BrFN3O3S/c21-15-3-6-17(7-4-15)29(26,27)23-11-14-12-25(13-14)9-1-2-19-18-8-5-16(22)10-20(18)28-24-19/h3-8,10,14,23H,1-2,9,11-13H2. The normalized spacial score (nSPS) is 15.7. The number of aryl methyl sites for hydroxylation is 1. The zero-order valence-electron chi connectivity index (χ0n) is 15.6. The molecule has 0 radical (unpaired) electrons. The summed E-state index contributed by atoms with van der Waals surface area (Å²) in [7, 11) is -3.47. The molecule has 3 aromatic rings. The molecule has 0 saturated carbocycles. The van der Waals surface area contributed by atoms with Gasteiger partial charge in [-0.1, -0.05) is 21.1 Å². The van der Waals surface area contributed by atoms with Crippen LogP contribution in [0, 0.1) is 11.7 Å². The van der Waals surface area contributed by atoms with Gasteiger partial charge in [0.15, 0.2) is 5.58 Å². The quantitative estimate of drug-likeness (QED) is 0.532. The maximum atomic E-state index is 13.2. The molecule has 4 rings (SSSR count). The van der Waals surface area contributed by atoms with Crippen LogP contribution in [0.5, 0.6) is 0 Å². The van der Waals surface area contributed by atoms with Crippen molar-refractivity contribution in [2.45, 2.75) is 17.7 Å². The molecule has 1 aromatic heterocycles. The van der Waals surface area contributed by atoms with Crippen molar-refractivity contribution >= 4 is 36.9 Å². The fourth-order valence-corrected chi connectivity index (χ4v) is 4.91. The van der Waals surface area contributed by atoms with Gasteiger partial charge in [-0.2, -0.15) is 0 Å². The number of nitrogens with zero attached hydrogens (tertiary/aromatic N) is 2. The number of halogens is 2. The van der Waals surface area contributed by atoms with Crippen molar-refractivity contribution in [3.05, 3.63) is 58.4 Å². The van der Waals surface area contributed by atoms with Crippen molar-refractivity contribution in [3.63, 3.8) is 0 Å². The molecule has 0 bridgehead atoms. The molecule has 6 nitrogen and oxygen atoms in total. The number of nitrogens with one attached hydrogen (secondary N) is 1. The summed E-state index contributed by atoms with van der Waals surface area (Å²) < 4.78 is 46.6. The Hall–Kier alpha value is -1.81. The van der Waals surface area contributed by atoms with E-state index in [1.165, 1.54) is 12.1 Å². The molecule has 1 aliphatic rings. The van der Waals surface area contributed by atoms with Crippen LogP contribution in [0.15, 0.2) is 56.4 Å². The first kappa shape index (κ1) is 20.5. The van der Waals surface area contributed by atoms with E-state index in [0.717, 1.165) is 48.0 Å². The summed E-state index contributed by atoms with van der Waals surface area (Å²) in [6, 6.07) is 11.1. The second-order valence-corrected chi connectivity index (χ2v) is 9.99. The molecule has 1 fully saturated rings. The molecule has 29 heavy (non-hydrogen) atoms. The average Bonchev–Trinajstić information content (AvgIpc) is 3.05. The van der Waals surface area contributed by atoms with Gasteiger partial charge in [0.25, 0.3) is 0 Å². The number of likely N-dealkylation sites (tertiary alicyclic amines) is 1. The first-order valence-corrected chi connectivity index (χ1v) is 11.7. The first-order valence-electron chi connectivity index (χ1n) is 9.42. The molecular weight excluding hydrogens is 461 g/mol. The zero-order chi connectivity index (χ0) is 20.4. The Morgan fingerprint density at radius 3 is 2.72 bits per heavy atom. The van der Waals surface area contributed by atoms with Crippen molar-refractivity contribution in [2.75, 3.05) is 26.2 Å². The van der Waals surface area contributed by atoms with Crippen LogP contribution >= 0.6 is 15.9 Å². The molecule has 0 aliphatic carbocycles. The summed E-state index contributed by atoms with van der Waals surface area (Å²) in [5.41, 5.74) is 1.32. The second-order valence-electron chi connectivity index (χ2n) is 7.30. The highest BCUT2D eigenvalue weighted by molar-refractivity contribution is 9.10. The summed E-state index contributed by atoms with van der Waals surface area (Å²) in [5, 5.41) is 4.90. The van der Waals surface area contributed by atoms with E-state index in [2.05, 4.69) is 30.7 Å². The minimum atomic E-state index is -3.47. The maximum Gasteiger partial charge on any atom is 0.240 e. The molecule has 0 amide bonds. The van der Waals surface area contributed by atoms with Gasteiger partial charge >= 0.3 is 0 Å². The Bertz CT molecular complexity index is 1100. The van der Waals surface area contributed by atoms with Crippen LogP contribution in [0.1, 0.15) is 12.1 Å². The average molecular weight is 482 g/mol. The number of hydrogen-bond acceptors (Lipinski definition) is 5. The van der Waals surface area contributed by atoms with E-state index in [0.29, 0.717) is 18.0 Å². The van der Waals surface area contributed by atoms with Crippen LogP contribution < -0.4 is 4.72 Å². The third-order valence-corrected chi connectivity index (χ3v) is 7.08. The molecule has 154 valence electrons. The Labute approximate surface area is 177 Å². The van der Waals surface area contributed by atoms with Crippen molar-refractivity contribution in [1.29, 1.82) is 0 Å². The molecule has 1 saturated heterocycles. The number of rotatable bonds is 8. The Morgan fingerprint density at radius 1 is 1.21 bits per heavy atom. The number of aromatic nitrogens is 1. The number of hydrogen-bond donors (Lipinski definition) is 1. The van der Waals surface area contributed by atoms with Gasteiger partial charge in [0.1, 0.15) is 5.82 Å². The van der Waals surface area contributed by atoms with Crippen LogP contribution in [0.25, 0.3) is 11.0 Å². The van der Waals surface area contributed by atoms with Crippen LogP contribution in [0.4, 0.5) is 4.39 Å². The van der Waals surface area contributed by atoms with Crippen LogP contribution in [-0.4, -0.2) is 44.7 Å². The van der Waals surface area contributed by atoms with Crippen LogP contribution in [-0.2, 0) is 16.4 Å². The van der Waals surface area contributed by atoms with Gasteiger partial charge in [0.2, 0.25) is 10.0 Å². The van der Waals surface area contributed by atoms with E-state index in [1.807, 2.05) is 0 Å². The van der Waals surface area contributed by atoms with Gasteiger partial charge < -0.3 is 9.42 Å². The van der Waals surface area contributed by atoms with Crippen molar-refractivity contribution in [3.8, 4) is 0 Å². The van der Waals surface area contributed by atoms with Crippen LogP contribution in [0.2, 0.25) is 0 Å². The molecule has 1 N–H and O–H groups in total. The SMILES string of the molecule is O=S(=O)(NCC1CN(CCCc2noc3cc(F)ccc23)C1)c1ccc(Br)cc1.